The zero-order valence-corrected chi connectivity index (χ0v) is 9.59. The van der Waals surface area contributed by atoms with Crippen molar-refractivity contribution in [1.29, 1.82) is 0 Å². The Balaban J connectivity index is 2.54. The van der Waals surface area contributed by atoms with E-state index in [1.165, 1.54) is 9.75 Å². The first kappa shape index (κ1) is 9.22. The maximum atomic E-state index is 3.55. The Morgan fingerprint density at radius 1 is 1.54 bits per heavy atom. The van der Waals surface area contributed by atoms with Crippen LogP contribution in [0.2, 0.25) is 0 Å². The number of nitrogens with one attached hydrogen (secondary N) is 1. The Bertz CT molecular complexity index is 325. The van der Waals surface area contributed by atoms with Gasteiger partial charge in [0.2, 0.25) is 0 Å². The lowest BCUT2D eigenvalue weighted by atomic mass is 9.81. The summed E-state index contributed by atoms with van der Waals surface area (Å²) < 4.78 is 0. The number of hydrogen-bond donors (Lipinski definition) is 1. The highest BCUT2D eigenvalue weighted by Crippen LogP contribution is 2.39. The minimum atomic E-state index is 0.312. The van der Waals surface area contributed by atoms with Crippen molar-refractivity contribution in [2.24, 2.45) is 0 Å². The van der Waals surface area contributed by atoms with E-state index in [2.05, 4.69) is 39.1 Å². The second kappa shape index (κ2) is 2.82. The van der Waals surface area contributed by atoms with E-state index in [9.17, 15) is 0 Å². The minimum absolute atomic E-state index is 0.312. The average molecular weight is 195 g/mol. The zero-order chi connectivity index (χ0) is 9.64. The third-order valence-electron chi connectivity index (χ3n) is 2.86. The van der Waals surface area contributed by atoms with Crippen LogP contribution in [0.3, 0.4) is 0 Å². The molecule has 0 spiro atoms. The minimum Gasteiger partial charge on any atom is -0.309 e. The Morgan fingerprint density at radius 3 is 2.85 bits per heavy atom. The van der Waals surface area contributed by atoms with Gasteiger partial charge < -0.3 is 5.32 Å². The summed E-state index contributed by atoms with van der Waals surface area (Å²) in [5.74, 6) is 0. The van der Waals surface area contributed by atoms with Gasteiger partial charge in [-0.25, -0.2) is 0 Å². The van der Waals surface area contributed by atoms with Crippen LogP contribution < -0.4 is 5.32 Å². The predicted octanol–water partition coefficient (Wildman–Crippen LogP) is 3.00. The van der Waals surface area contributed by atoms with Crippen LogP contribution in [0.25, 0.3) is 0 Å². The van der Waals surface area contributed by atoms with Gasteiger partial charge in [-0.3, -0.25) is 0 Å². The molecule has 2 rings (SSSR count). The summed E-state index contributed by atoms with van der Waals surface area (Å²) in [4.78, 5) is 2.97. The SMILES string of the molecule is Cc1cc2c(s1)C(C)NCC2(C)C. The molecule has 0 bridgehead atoms. The van der Waals surface area contributed by atoms with E-state index in [-0.39, 0.29) is 0 Å². The Labute approximate surface area is 84.2 Å². The van der Waals surface area contributed by atoms with E-state index >= 15 is 0 Å². The quantitative estimate of drug-likeness (QED) is 0.671. The topological polar surface area (TPSA) is 12.0 Å². The predicted molar refractivity (Wildman–Crippen MR) is 58.5 cm³/mol. The molecule has 0 saturated carbocycles. The Morgan fingerprint density at radius 2 is 2.23 bits per heavy atom. The van der Waals surface area contributed by atoms with Crippen molar-refractivity contribution in [3.8, 4) is 0 Å². The molecule has 0 aromatic carbocycles. The van der Waals surface area contributed by atoms with Gasteiger partial charge in [0, 0.05) is 27.8 Å². The van der Waals surface area contributed by atoms with Gasteiger partial charge in [0.25, 0.3) is 0 Å². The normalized spacial score (nSPS) is 25.7. The first-order chi connectivity index (χ1) is 6.00. The Hall–Kier alpha value is -0.340. The second-order valence-electron chi connectivity index (χ2n) is 4.62. The molecule has 0 radical (unpaired) electrons. The maximum Gasteiger partial charge on any atom is 0.0389 e. The van der Waals surface area contributed by atoms with E-state index in [4.69, 9.17) is 0 Å². The molecular weight excluding hydrogens is 178 g/mol. The molecule has 1 unspecified atom stereocenters. The highest BCUT2D eigenvalue weighted by Gasteiger charge is 2.31. The molecule has 2 heterocycles. The third kappa shape index (κ3) is 1.42. The van der Waals surface area contributed by atoms with Crippen LogP contribution in [0, 0.1) is 6.92 Å². The molecule has 1 nitrogen and oxygen atoms in total. The smallest absolute Gasteiger partial charge is 0.0389 e. The fourth-order valence-electron chi connectivity index (χ4n) is 1.98. The highest BCUT2D eigenvalue weighted by molar-refractivity contribution is 7.12. The van der Waals surface area contributed by atoms with Gasteiger partial charge >= 0.3 is 0 Å². The van der Waals surface area contributed by atoms with Gasteiger partial charge in [-0.1, -0.05) is 13.8 Å². The summed E-state index contributed by atoms with van der Waals surface area (Å²) in [6.07, 6.45) is 0. The lowest BCUT2D eigenvalue weighted by Crippen LogP contribution is -2.39. The van der Waals surface area contributed by atoms with Crippen LogP contribution in [-0.2, 0) is 5.41 Å². The van der Waals surface area contributed by atoms with Gasteiger partial charge in [-0.05, 0) is 25.5 Å². The molecule has 1 N–H and O–H groups in total. The van der Waals surface area contributed by atoms with E-state index in [0.29, 0.717) is 11.5 Å². The summed E-state index contributed by atoms with van der Waals surface area (Å²) in [5, 5.41) is 3.55. The molecule has 0 amide bonds. The number of fused-ring (bicyclic) bond motifs is 1. The van der Waals surface area contributed by atoms with Crippen molar-refractivity contribution >= 4 is 11.3 Å². The molecule has 1 aliphatic rings. The van der Waals surface area contributed by atoms with Gasteiger partial charge in [-0.2, -0.15) is 0 Å². The van der Waals surface area contributed by atoms with E-state index in [1.54, 1.807) is 5.56 Å². The first-order valence-corrected chi connectivity index (χ1v) is 5.66. The van der Waals surface area contributed by atoms with E-state index in [0.717, 1.165) is 6.54 Å². The van der Waals surface area contributed by atoms with Gasteiger partial charge in [0.15, 0.2) is 0 Å². The van der Waals surface area contributed by atoms with Crippen LogP contribution >= 0.6 is 11.3 Å². The number of hydrogen-bond acceptors (Lipinski definition) is 2. The molecular formula is C11H17NS. The Kier molecular flexibility index (Phi) is 2.00. The average Bonchev–Trinajstić information content (AvgIpc) is 2.42. The fourth-order valence-corrected chi connectivity index (χ4v) is 3.21. The largest absolute Gasteiger partial charge is 0.309 e. The summed E-state index contributed by atoms with van der Waals surface area (Å²) in [6, 6.07) is 2.90. The molecule has 1 aromatic rings. The zero-order valence-electron chi connectivity index (χ0n) is 8.77. The van der Waals surface area contributed by atoms with Gasteiger partial charge in [0.1, 0.15) is 0 Å². The summed E-state index contributed by atoms with van der Waals surface area (Å²) in [6.45, 7) is 10.2. The summed E-state index contributed by atoms with van der Waals surface area (Å²) >= 11 is 1.94. The second-order valence-corrected chi connectivity index (χ2v) is 5.91. The molecule has 0 saturated heterocycles. The van der Waals surface area contributed by atoms with Crippen LogP contribution in [-0.4, -0.2) is 6.54 Å². The lowest BCUT2D eigenvalue weighted by Gasteiger charge is -2.34. The molecule has 0 aliphatic carbocycles. The summed E-state index contributed by atoms with van der Waals surface area (Å²) in [5.41, 5.74) is 1.87. The fraction of sp³-hybridized carbons (Fsp3) is 0.636. The number of thiophene rings is 1. The van der Waals surface area contributed by atoms with Crippen molar-refractivity contribution in [3.63, 3.8) is 0 Å². The van der Waals surface area contributed by atoms with Crippen molar-refractivity contribution in [3.05, 3.63) is 21.4 Å². The number of rotatable bonds is 0. The van der Waals surface area contributed by atoms with Crippen molar-refractivity contribution in [2.45, 2.75) is 39.2 Å². The van der Waals surface area contributed by atoms with Crippen LogP contribution in [0.15, 0.2) is 6.07 Å². The lowest BCUT2D eigenvalue weighted by molar-refractivity contribution is 0.401. The van der Waals surface area contributed by atoms with Gasteiger partial charge in [-0.15, -0.1) is 11.3 Å². The van der Waals surface area contributed by atoms with Crippen molar-refractivity contribution in [2.75, 3.05) is 6.54 Å². The summed E-state index contributed by atoms with van der Waals surface area (Å²) in [7, 11) is 0. The van der Waals surface area contributed by atoms with E-state index < -0.39 is 0 Å². The molecule has 13 heavy (non-hydrogen) atoms. The first-order valence-electron chi connectivity index (χ1n) is 4.85. The third-order valence-corrected chi connectivity index (χ3v) is 4.09. The highest BCUT2D eigenvalue weighted by atomic mass is 32.1. The molecule has 1 aromatic heterocycles. The van der Waals surface area contributed by atoms with Crippen LogP contribution in [0.4, 0.5) is 0 Å². The monoisotopic (exact) mass is 195 g/mol. The molecule has 2 heteroatoms. The standard InChI is InChI=1S/C11H17NS/c1-7-5-9-10(13-7)8(2)12-6-11(9,3)4/h5,8,12H,6H2,1-4H3. The van der Waals surface area contributed by atoms with Crippen molar-refractivity contribution < 1.29 is 0 Å². The van der Waals surface area contributed by atoms with Crippen LogP contribution in [0.1, 0.15) is 42.1 Å². The van der Waals surface area contributed by atoms with Gasteiger partial charge in [0.05, 0.1) is 0 Å². The van der Waals surface area contributed by atoms with Crippen molar-refractivity contribution in [1.82, 2.24) is 5.32 Å². The van der Waals surface area contributed by atoms with Crippen LogP contribution in [0.5, 0.6) is 0 Å². The maximum absolute atomic E-state index is 3.55. The molecule has 0 fully saturated rings. The molecule has 1 atom stereocenters. The number of aryl methyl sites for hydroxylation is 1. The molecule has 72 valence electrons. The van der Waals surface area contributed by atoms with E-state index in [1.807, 2.05) is 11.3 Å². The molecule has 1 aliphatic heterocycles.